The number of hydrogen-bond donors (Lipinski definition) is 0. The number of aromatic nitrogens is 2. The molecule has 0 aromatic carbocycles. The highest BCUT2D eigenvalue weighted by atomic mass is 19.1. The molecular weight excluding hydrogens is 209 g/mol. The first kappa shape index (κ1) is 10.9. The summed E-state index contributed by atoms with van der Waals surface area (Å²) in [4.78, 5) is 13.0. The number of anilines is 1. The Kier molecular flexibility index (Phi) is 2.53. The molecule has 1 aliphatic rings. The van der Waals surface area contributed by atoms with Crippen LogP contribution < -0.4 is 4.90 Å². The van der Waals surface area contributed by atoms with Crippen LogP contribution in [-0.4, -0.2) is 22.2 Å². The van der Waals surface area contributed by atoms with Gasteiger partial charge in [0.25, 0.3) is 5.91 Å². The highest BCUT2D eigenvalue weighted by molar-refractivity contribution is 6.03. The second-order valence-corrected chi connectivity index (χ2v) is 4.25. The van der Waals surface area contributed by atoms with Gasteiger partial charge in [0.15, 0.2) is 5.83 Å². The van der Waals surface area contributed by atoms with Crippen molar-refractivity contribution in [2.45, 2.75) is 20.4 Å². The van der Waals surface area contributed by atoms with E-state index in [-0.39, 0.29) is 5.92 Å². The first-order chi connectivity index (χ1) is 7.49. The van der Waals surface area contributed by atoms with Crippen molar-refractivity contribution in [2.24, 2.45) is 5.92 Å². The molecule has 0 spiro atoms. The monoisotopic (exact) mass is 223 g/mol. The van der Waals surface area contributed by atoms with Crippen molar-refractivity contribution >= 4 is 11.7 Å². The summed E-state index contributed by atoms with van der Waals surface area (Å²) in [6.45, 7) is 8.16. The highest BCUT2D eigenvalue weighted by Gasteiger charge is 2.29. The Labute approximate surface area is 93.3 Å². The fraction of sp³-hybridized carbons (Fsp3) is 0.455. The highest BCUT2D eigenvalue weighted by Crippen LogP contribution is 2.25. The number of aryl methyl sites for hydroxylation is 1. The SMILES string of the molecule is C=C(F)C(=O)N1CC(C)Cn2nc(C)cc21. The number of amides is 1. The van der Waals surface area contributed by atoms with Gasteiger partial charge in [-0.15, -0.1) is 0 Å². The number of fused-ring (bicyclic) bond motifs is 1. The molecule has 1 aromatic heterocycles. The van der Waals surface area contributed by atoms with Gasteiger partial charge in [-0.3, -0.25) is 9.69 Å². The van der Waals surface area contributed by atoms with Gasteiger partial charge in [-0.05, 0) is 12.8 Å². The van der Waals surface area contributed by atoms with Crippen LogP contribution in [0.2, 0.25) is 0 Å². The second-order valence-electron chi connectivity index (χ2n) is 4.25. The molecule has 5 heteroatoms. The van der Waals surface area contributed by atoms with Gasteiger partial charge in [0.1, 0.15) is 5.82 Å². The van der Waals surface area contributed by atoms with Gasteiger partial charge < -0.3 is 0 Å². The van der Waals surface area contributed by atoms with Crippen LogP contribution in [0.25, 0.3) is 0 Å². The molecular formula is C11H14FN3O. The first-order valence-corrected chi connectivity index (χ1v) is 5.19. The van der Waals surface area contributed by atoms with E-state index >= 15 is 0 Å². The third-order valence-corrected chi connectivity index (χ3v) is 2.61. The maximum Gasteiger partial charge on any atom is 0.287 e. The summed E-state index contributed by atoms with van der Waals surface area (Å²) < 4.78 is 14.6. The van der Waals surface area contributed by atoms with E-state index in [4.69, 9.17) is 0 Å². The van der Waals surface area contributed by atoms with Crippen molar-refractivity contribution < 1.29 is 9.18 Å². The Hall–Kier alpha value is -1.65. The Morgan fingerprint density at radius 3 is 2.94 bits per heavy atom. The quantitative estimate of drug-likeness (QED) is 0.679. The predicted molar refractivity (Wildman–Crippen MR) is 58.7 cm³/mol. The van der Waals surface area contributed by atoms with Crippen molar-refractivity contribution in [3.63, 3.8) is 0 Å². The lowest BCUT2D eigenvalue weighted by Gasteiger charge is -2.30. The van der Waals surface area contributed by atoms with Crippen LogP contribution in [0.15, 0.2) is 18.5 Å². The number of rotatable bonds is 1. The van der Waals surface area contributed by atoms with E-state index < -0.39 is 11.7 Å². The van der Waals surface area contributed by atoms with E-state index in [2.05, 4.69) is 11.7 Å². The average Bonchev–Trinajstić information content (AvgIpc) is 2.55. The molecule has 1 aromatic rings. The van der Waals surface area contributed by atoms with E-state index in [0.29, 0.717) is 12.4 Å². The fourth-order valence-corrected chi connectivity index (χ4v) is 1.98. The zero-order chi connectivity index (χ0) is 11.9. The lowest BCUT2D eigenvalue weighted by atomic mass is 10.1. The van der Waals surface area contributed by atoms with Crippen LogP contribution in [0.1, 0.15) is 12.6 Å². The maximum absolute atomic E-state index is 12.9. The Morgan fingerprint density at radius 1 is 1.62 bits per heavy atom. The van der Waals surface area contributed by atoms with Gasteiger partial charge in [0, 0.05) is 19.2 Å². The maximum atomic E-state index is 12.9. The summed E-state index contributed by atoms with van der Waals surface area (Å²) in [6.07, 6.45) is 0. The molecule has 2 rings (SSSR count). The third-order valence-electron chi connectivity index (χ3n) is 2.61. The van der Waals surface area contributed by atoms with Crippen molar-refractivity contribution in [3.05, 3.63) is 24.2 Å². The van der Waals surface area contributed by atoms with Crippen LogP contribution in [0, 0.1) is 12.8 Å². The summed E-state index contributed by atoms with van der Waals surface area (Å²) in [7, 11) is 0. The Balaban J connectivity index is 2.40. The number of halogens is 1. The number of hydrogen-bond acceptors (Lipinski definition) is 2. The van der Waals surface area contributed by atoms with Crippen molar-refractivity contribution in [2.75, 3.05) is 11.4 Å². The lowest BCUT2D eigenvalue weighted by molar-refractivity contribution is -0.116. The van der Waals surface area contributed by atoms with Gasteiger partial charge >= 0.3 is 0 Å². The zero-order valence-corrected chi connectivity index (χ0v) is 9.40. The molecule has 0 bridgehead atoms. The zero-order valence-electron chi connectivity index (χ0n) is 9.40. The Bertz CT molecular complexity index is 452. The second kappa shape index (κ2) is 3.73. The number of carbonyl (C=O) groups excluding carboxylic acids is 1. The van der Waals surface area contributed by atoms with Crippen LogP contribution in [0.4, 0.5) is 10.2 Å². The van der Waals surface area contributed by atoms with Gasteiger partial charge in [0.2, 0.25) is 0 Å². The van der Waals surface area contributed by atoms with E-state index in [0.717, 1.165) is 12.2 Å². The summed E-state index contributed by atoms with van der Waals surface area (Å²) in [5, 5.41) is 4.26. The largest absolute Gasteiger partial charge is 0.291 e. The van der Waals surface area contributed by atoms with Crippen LogP contribution >= 0.6 is 0 Å². The molecule has 1 atom stereocenters. The standard InChI is InChI=1S/C11H14FN3O/c1-7-5-14(11(16)9(3)12)10-4-8(2)13-15(10)6-7/h4,7H,3,5-6H2,1-2H3. The molecule has 0 radical (unpaired) electrons. The van der Waals surface area contributed by atoms with Gasteiger partial charge in [-0.25, -0.2) is 9.07 Å². The molecule has 2 heterocycles. The summed E-state index contributed by atoms with van der Waals surface area (Å²) in [6, 6.07) is 1.78. The van der Waals surface area contributed by atoms with E-state index in [1.807, 2.05) is 13.8 Å². The minimum absolute atomic E-state index is 0.259. The molecule has 0 saturated carbocycles. The van der Waals surface area contributed by atoms with E-state index in [1.165, 1.54) is 4.90 Å². The molecule has 1 amide bonds. The molecule has 1 aliphatic heterocycles. The summed E-state index contributed by atoms with van der Waals surface area (Å²) >= 11 is 0. The molecule has 4 nitrogen and oxygen atoms in total. The predicted octanol–water partition coefficient (Wildman–Crippen LogP) is 1.66. The molecule has 0 fully saturated rings. The summed E-state index contributed by atoms with van der Waals surface area (Å²) in [5.74, 6) is -0.693. The third kappa shape index (κ3) is 1.73. The normalized spacial score (nSPS) is 19.4. The van der Waals surface area contributed by atoms with Crippen molar-refractivity contribution in [1.82, 2.24) is 9.78 Å². The molecule has 86 valence electrons. The average molecular weight is 223 g/mol. The lowest BCUT2D eigenvalue weighted by Crippen LogP contribution is -2.41. The molecule has 1 unspecified atom stereocenters. The minimum atomic E-state index is -0.931. The molecule has 16 heavy (non-hydrogen) atoms. The van der Waals surface area contributed by atoms with Crippen molar-refractivity contribution in [3.8, 4) is 0 Å². The molecule has 0 N–H and O–H groups in total. The van der Waals surface area contributed by atoms with Crippen LogP contribution in [-0.2, 0) is 11.3 Å². The molecule has 0 saturated heterocycles. The number of carbonyl (C=O) groups is 1. The molecule has 0 aliphatic carbocycles. The number of nitrogens with zero attached hydrogens (tertiary/aromatic N) is 3. The summed E-state index contributed by atoms with van der Waals surface area (Å²) in [5.41, 5.74) is 0.825. The fourth-order valence-electron chi connectivity index (χ4n) is 1.98. The minimum Gasteiger partial charge on any atom is -0.291 e. The van der Waals surface area contributed by atoms with Crippen LogP contribution in [0.3, 0.4) is 0 Å². The van der Waals surface area contributed by atoms with E-state index in [1.54, 1.807) is 10.7 Å². The van der Waals surface area contributed by atoms with Crippen LogP contribution in [0.5, 0.6) is 0 Å². The van der Waals surface area contributed by atoms with Gasteiger partial charge in [0.05, 0.1) is 5.69 Å². The Morgan fingerprint density at radius 2 is 2.31 bits per heavy atom. The first-order valence-electron chi connectivity index (χ1n) is 5.19. The van der Waals surface area contributed by atoms with Gasteiger partial charge in [-0.2, -0.15) is 5.10 Å². The van der Waals surface area contributed by atoms with Crippen molar-refractivity contribution in [1.29, 1.82) is 0 Å². The van der Waals surface area contributed by atoms with Gasteiger partial charge in [-0.1, -0.05) is 13.5 Å². The topological polar surface area (TPSA) is 38.1 Å². The van der Waals surface area contributed by atoms with E-state index in [9.17, 15) is 9.18 Å². The smallest absolute Gasteiger partial charge is 0.287 e.